The molecule has 190 valence electrons. The first-order valence-corrected chi connectivity index (χ1v) is 12.5. The number of carbonyl (C=O) groups excluding carboxylic acids is 3. The molecule has 36 heavy (non-hydrogen) atoms. The Hall–Kier alpha value is -3.36. The molecule has 1 saturated heterocycles. The lowest BCUT2D eigenvalue weighted by Crippen LogP contribution is -2.49. The highest BCUT2D eigenvalue weighted by atomic mass is 35.5. The molecule has 2 aromatic rings. The molecule has 0 radical (unpaired) electrons. The van der Waals surface area contributed by atoms with E-state index in [2.05, 4.69) is 10.2 Å². The quantitative estimate of drug-likeness (QED) is 0.599. The van der Waals surface area contributed by atoms with Crippen molar-refractivity contribution in [1.29, 1.82) is 0 Å². The Kier molecular flexibility index (Phi) is 8.28. The number of likely N-dealkylation sites (N-methyl/N-ethyl adjacent to an activating group) is 1. The average Bonchev–Trinajstić information content (AvgIpc) is 3.13. The number of amides is 3. The lowest BCUT2D eigenvalue weighted by atomic mass is 9.94. The van der Waals surface area contributed by atoms with Gasteiger partial charge < -0.3 is 15.0 Å². The molecule has 2 heterocycles. The second kappa shape index (κ2) is 11.6. The van der Waals surface area contributed by atoms with Crippen LogP contribution < -0.4 is 5.32 Å². The maximum atomic E-state index is 13.1. The van der Waals surface area contributed by atoms with Crippen LogP contribution in [-0.4, -0.2) is 79.0 Å². The Morgan fingerprint density at radius 3 is 2.44 bits per heavy atom. The smallest absolute Gasteiger partial charge is 0.338 e. The molecule has 1 N–H and O–H groups in total. The summed E-state index contributed by atoms with van der Waals surface area (Å²) in [6.45, 7) is 4.92. The zero-order valence-electron chi connectivity index (χ0n) is 20.6. The molecule has 2 aromatic carbocycles. The van der Waals surface area contributed by atoms with Crippen molar-refractivity contribution in [3.8, 4) is 0 Å². The summed E-state index contributed by atoms with van der Waals surface area (Å²) in [4.78, 5) is 44.5. The van der Waals surface area contributed by atoms with Gasteiger partial charge in [-0.15, -0.1) is 0 Å². The second-order valence-corrected chi connectivity index (χ2v) is 9.30. The number of hydrogen-bond donors (Lipinski definition) is 1. The number of urea groups is 1. The predicted molar refractivity (Wildman–Crippen MR) is 138 cm³/mol. The summed E-state index contributed by atoms with van der Waals surface area (Å²) in [5.74, 6) is -0.471. The van der Waals surface area contributed by atoms with Crippen molar-refractivity contribution in [2.45, 2.75) is 19.4 Å². The normalized spacial score (nSPS) is 19.1. The van der Waals surface area contributed by atoms with Crippen LogP contribution in [0.15, 0.2) is 65.9 Å². The lowest BCUT2D eigenvalue weighted by molar-refractivity contribution is -0.139. The highest BCUT2D eigenvalue weighted by molar-refractivity contribution is 6.30. The maximum Gasteiger partial charge on any atom is 0.338 e. The van der Waals surface area contributed by atoms with E-state index in [0.717, 1.165) is 18.5 Å². The van der Waals surface area contributed by atoms with Crippen molar-refractivity contribution in [1.82, 2.24) is 20.0 Å². The summed E-state index contributed by atoms with van der Waals surface area (Å²) in [5, 5.41) is 3.53. The van der Waals surface area contributed by atoms with Gasteiger partial charge >= 0.3 is 12.0 Å². The summed E-state index contributed by atoms with van der Waals surface area (Å²) >= 11 is 5.96. The summed E-state index contributed by atoms with van der Waals surface area (Å²) in [5.41, 5.74) is 2.47. The minimum Gasteiger partial charge on any atom is -0.463 e. The molecule has 0 spiro atoms. The van der Waals surface area contributed by atoms with E-state index >= 15 is 0 Å². The van der Waals surface area contributed by atoms with E-state index in [9.17, 15) is 14.4 Å². The van der Waals surface area contributed by atoms with E-state index in [4.69, 9.17) is 16.3 Å². The number of esters is 1. The first-order valence-electron chi connectivity index (χ1n) is 12.2. The molecule has 8 nitrogen and oxygen atoms in total. The maximum absolute atomic E-state index is 13.1. The monoisotopic (exact) mass is 510 g/mol. The molecule has 1 unspecified atom stereocenters. The van der Waals surface area contributed by atoms with Crippen molar-refractivity contribution in [2.24, 2.45) is 0 Å². The van der Waals surface area contributed by atoms with Crippen molar-refractivity contribution in [3.63, 3.8) is 0 Å². The standard InChI is InChI=1S/C27H31ClN4O4/c1-3-36-26(34)23-22(30(2)27(35)29-24(23)19-8-5-4-6-9-19)18-31-14-7-15-32(17-16-31)25(33)20-10-12-21(28)13-11-20/h4-6,8-13,24H,3,7,14-18H2,1-2H3,(H,29,35). The number of halogens is 1. The molecule has 3 amide bonds. The zero-order valence-corrected chi connectivity index (χ0v) is 21.3. The van der Waals surface area contributed by atoms with Crippen LogP contribution in [-0.2, 0) is 9.53 Å². The Morgan fingerprint density at radius 2 is 1.75 bits per heavy atom. The molecule has 0 aromatic heterocycles. The first kappa shape index (κ1) is 25.7. The first-order chi connectivity index (χ1) is 17.4. The van der Waals surface area contributed by atoms with Crippen LogP contribution in [0.5, 0.6) is 0 Å². The molecule has 1 atom stereocenters. The lowest BCUT2D eigenvalue weighted by Gasteiger charge is -2.36. The highest BCUT2D eigenvalue weighted by Gasteiger charge is 2.37. The molecular formula is C27H31ClN4O4. The van der Waals surface area contributed by atoms with Gasteiger partial charge in [0.15, 0.2) is 0 Å². The number of benzene rings is 2. The van der Waals surface area contributed by atoms with Crippen LogP contribution in [0.1, 0.15) is 35.3 Å². The number of nitrogens with one attached hydrogen (secondary N) is 1. The third-order valence-corrected chi connectivity index (χ3v) is 6.80. The van der Waals surface area contributed by atoms with Gasteiger partial charge in [0.05, 0.1) is 18.2 Å². The van der Waals surface area contributed by atoms with Crippen molar-refractivity contribution in [2.75, 3.05) is 46.4 Å². The van der Waals surface area contributed by atoms with Gasteiger partial charge in [-0.2, -0.15) is 0 Å². The number of rotatable bonds is 6. The topological polar surface area (TPSA) is 82.2 Å². The third-order valence-electron chi connectivity index (χ3n) is 6.55. The molecule has 0 bridgehead atoms. The van der Waals surface area contributed by atoms with Gasteiger partial charge in [0.1, 0.15) is 0 Å². The number of ether oxygens (including phenoxy) is 1. The molecule has 0 saturated carbocycles. The Labute approximate surface area is 216 Å². The van der Waals surface area contributed by atoms with Crippen molar-refractivity contribution in [3.05, 3.63) is 82.0 Å². The van der Waals surface area contributed by atoms with E-state index in [0.29, 0.717) is 48.0 Å². The van der Waals surface area contributed by atoms with Crippen LogP contribution >= 0.6 is 11.6 Å². The number of hydrogen-bond acceptors (Lipinski definition) is 5. The van der Waals surface area contributed by atoms with Crippen molar-refractivity contribution >= 4 is 29.5 Å². The predicted octanol–water partition coefficient (Wildman–Crippen LogP) is 3.70. The fraction of sp³-hybridized carbons (Fsp3) is 0.370. The number of carbonyl (C=O) groups is 3. The summed E-state index contributed by atoms with van der Waals surface area (Å²) in [6.07, 6.45) is 0.777. The second-order valence-electron chi connectivity index (χ2n) is 8.86. The van der Waals surface area contributed by atoms with Crippen LogP contribution in [0.3, 0.4) is 0 Å². The molecule has 9 heteroatoms. The van der Waals surface area contributed by atoms with Gasteiger partial charge in [0, 0.05) is 56.1 Å². The summed E-state index contributed by atoms with van der Waals surface area (Å²) in [7, 11) is 1.67. The third kappa shape index (κ3) is 5.71. The summed E-state index contributed by atoms with van der Waals surface area (Å²) in [6, 6.07) is 15.5. The van der Waals surface area contributed by atoms with Crippen LogP contribution in [0, 0.1) is 0 Å². The van der Waals surface area contributed by atoms with E-state index in [1.807, 2.05) is 35.2 Å². The Morgan fingerprint density at radius 1 is 1.03 bits per heavy atom. The van der Waals surface area contributed by atoms with Gasteiger partial charge in [-0.25, -0.2) is 9.59 Å². The minimum absolute atomic E-state index is 0.0294. The average molecular weight is 511 g/mol. The highest BCUT2D eigenvalue weighted by Crippen LogP contribution is 2.31. The van der Waals surface area contributed by atoms with Crippen LogP contribution in [0.2, 0.25) is 5.02 Å². The molecule has 2 aliphatic rings. The van der Waals surface area contributed by atoms with Gasteiger partial charge in [-0.3, -0.25) is 14.6 Å². The van der Waals surface area contributed by atoms with E-state index in [1.165, 1.54) is 4.90 Å². The number of nitrogens with zero attached hydrogens (tertiary/aromatic N) is 3. The van der Waals surface area contributed by atoms with Gasteiger partial charge in [0.25, 0.3) is 5.91 Å². The van der Waals surface area contributed by atoms with Gasteiger partial charge in [-0.1, -0.05) is 41.9 Å². The Bertz CT molecular complexity index is 1140. The molecule has 2 aliphatic heterocycles. The van der Waals surface area contributed by atoms with Crippen LogP contribution in [0.25, 0.3) is 0 Å². The Balaban J connectivity index is 1.57. The van der Waals surface area contributed by atoms with Gasteiger partial charge in [0.2, 0.25) is 0 Å². The van der Waals surface area contributed by atoms with E-state index in [-0.39, 0.29) is 18.5 Å². The molecule has 4 rings (SSSR count). The molecular weight excluding hydrogens is 480 g/mol. The minimum atomic E-state index is -0.598. The largest absolute Gasteiger partial charge is 0.463 e. The summed E-state index contributed by atoms with van der Waals surface area (Å²) < 4.78 is 5.41. The van der Waals surface area contributed by atoms with Gasteiger partial charge in [-0.05, 0) is 43.2 Å². The molecule has 1 fully saturated rings. The SMILES string of the molecule is CCOC(=O)C1=C(CN2CCCN(C(=O)c3ccc(Cl)cc3)CC2)N(C)C(=O)NC1c1ccccc1. The fourth-order valence-electron chi connectivity index (χ4n) is 4.61. The molecule has 0 aliphatic carbocycles. The van der Waals surface area contributed by atoms with E-state index < -0.39 is 12.0 Å². The van der Waals surface area contributed by atoms with Crippen molar-refractivity contribution < 1.29 is 19.1 Å². The fourth-order valence-corrected chi connectivity index (χ4v) is 4.74. The van der Waals surface area contributed by atoms with E-state index in [1.54, 1.807) is 38.2 Å². The zero-order chi connectivity index (χ0) is 25.7. The van der Waals surface area contributed by atoms with Crippen LogP contribution in [0.4, 0.5) is 4.79 Å².